The Morgan fingerprint density at radius 1 is 1.26 bits per heavy atom. The second-order valence-electron chi connectivity index (χ2n) is 5.10. The Kier molecular flexibility index (Phi) is 3.11. The standard InChI is InChI=1S/C16H18N2O/c1-12(8-9-14-6-4-10-19-14)18-11-13-5-2-3-7-15(13)16(18)17/h2-7,10,12,17H,8-9,11H2,1H3. The molecule has 0 saturated heterocycles. The third-order valence-corrected chi connectivity index (χ3v) is 3.82. The summed E-state index contributed by atoms with van der Waals surface area (Å²) in [4.78, 5) is 2.17. The van der Waals surface area contributed by atoms with E-state index >= 15 is 0 Å². The third-order valence-electron chi connectivity index (χ3n) is 3.82. The van der Waals surface area contributed by atoms with Crippen LogP contribution in [0.4, 0.5) is 0 Å². The van der Waals surface area contributed by atoms with Gasteiger partial charge in [-0.25, -0.2) is 0 Å². The SMILES string of the molecule is CC(CCc1ccco1)N1Cc2ccccc2C1=N. The number of hydrogen-bond acceptors (Lipinski definition) is 2. The van der Waals surface area contributed by atoms with E-state index in [2.05, 4.69) is 17.9 Å². The summed E-state index contributed by atoms with van der Waals surface area (Å²) >= 11 is 0. The quantitative estimate of drug-likeness (QED) is 0.907. The van der Waals surface area contributed by atoms with Crippen molar-refractivity contribution in [2.75, 3.05) is 0 Å². The Balaban J connectivity index is 1.66. The molecule has 0 bridgehead atoms. The topological polar surface area (TPSA) is 40.2 Å². The number of furan rings is 1. The van der Waals surface area contributed by atoms with Crippen LogP contribution in [0.3, 0.4) is 0 Å². The lowest BCUT2D eigenvalue weighted by atomic mass is 10.1. The first-order chi connectivity index (χ1) is 9.25. The van der Waals surface area contributed by atoms with Crippen LogP contribution in [0.25, 0.3) is 0 Å². The fourth-order valence-electron chi connectivity index (χ4n) is 2.64. The van der Waals surface area contributed by atoms with Gasteiger partial charge in [0.1, 0.15) is 11.6 Å². The van der Waals surface area contributed by atoms with Crippen LogP contribution < -0.4 is 0 Å². The fourth-order valence-corrected chi connectivity index (χ4v) is 2.64. The molecule has 0 spiro atoms. The Labute approximate surface area is 113 Å². The van der Waals surface area contributed by atoms with Crippen molar-refractivity contribution in [1.82, 2.24) is 4.90 Å². The van der Waals surface area contributed by atoms with E-state index in [4.69, 9.17) is 9.83 Å². The van der Waals surface area contributed by atoms with Crippen LogP contribution >= 0.6 is 0 Å². The van der Waals surface area contributed by atoms with E-state index in [1.54, 1.807) is 6.26 Å². The average Bonchev–Trinajstić information content (AvgIpc) is 3.05. The zero-order chi connectivity index (χ0) is 13.2. The third kappa shape index (κ3) is 2.28. The average molecular weight is 254 g/mol. The smallest absolute Gasteiger partial charge is 0.128 e. The minimum Gasteiger partial charge on any atom is -0.469 e. The second kappa shape index (κ2) is 4.92. The van der Waals surface area contributed by atoms with Gasteiger partial charge in [-0.1, -0.05) is 24.3 Å². The molecule has 3 rings (SSSR count). The van der Waals surface area contributed by atoms with Crippen molar-refractivity contribution in [2.45, 2.75) is 32.4 Å². The van der Waals surface area contributed by atoms with Gasteiger partial charge in [-0.15, -0.1) is 0 Å². The molecule has 1 aliphatic rings. The highest BCUT2D eigenvalue weighted by molar-refractivity contribution is 6.00. The number of benzene rings is 1. The summed E-state index contributed by atoms with van der Waals surface area (Å²) < 4.78 is 5.36. The first kappa shape index (κ1) is 12.0. The number of hydrogen-bond donors (Lipinski definition) is 1. The second-order valence-corrected chi connectivity index (χ2v) is 5.10. The first-order valence-electron chi connectivity index (χ1n) is 6.71. The molecule has 3 heteroatoms. The van der Waals surface area contributed by atoms with E-state index in [1.165, 1.54) is 5.56 Å². The van der Waals surface area contributed by atoms with Gasteiger partial charge in [0.05, 0.1) is 6.26 Å². The molecule has 1 aromatic carbocycles. The summed E-state index contributed by atoms with van der Waals surface area (Å²) in [5.41, 5.74) is 2.34. The lowest BCUT2D eigenvalue weighted by Gasteiger charge is -2.25. The zero-order valence-electron chi connectivity index (χ0n) is 11.1. The van der Waals surface area contributed by atoms with Crippen LogP contribution in [-0.2, 0) is 13.0 Å². The van der Waals surface area contributed by atoms with Gasteiger partial charge in [-0.2, -0.15) is 0 Å². The van der Waals surface area contributed by atoms with Crippen LogP contribution in [-0.4, -0.2) is 16.8 Å². The van der Waals surface area contributed by atoms with Crippen molar-refractivity contribution in [3.05, 3.63) is 59.5 Å². The summed E-state index contributed by atoms with van der Waals surface area (Å²) in [6.45, 7) is 3.04. The number of fused-ring (bicyclic) bond motifs is 1. The van der Waals surface area contributed by atoms with E-state index in [0.29, 0.717) is 11.9 Å². The van der Waals surface area contributed by atoms with Gasteiger partial charge in [-0.3, -0.25) is 5.41 Å². The van der Waals surface area contributed by atoms with Crippen LogP contribution in [0, 0.1) is 5.41 Å². The van der Waals surface area contributed by atoms with Gasteiger partial charge in [0, 0.05) is 24.6 Å². The first-order valence-corrected chi connectivity index (χ1v) is 6.71. The minimum absolute atomic E-state index is 0.352. The summed E-state index contributed by atoms with van der Waals surface area (Å²) in [5.74, 6) is 1.68. The van der Waals surface area contributed by atoms with Crippen LogP contribution in [0.2, 0.25) is 0 Å². The lowest BCUT2D eigenvalue weighted by Crippen LogP contribution is -2.33. The molecule has 98 valence electrons. The highest BCUT2D eigenvalue weighted by Crippen LogP contribution is 2.25. The number of rotatable bonds is 4. The molecule has 2 aromatic rings. The van der Waals surface area contributed by atoms with E-state index in [-0.39, 0.29) is 0 Å². The van der Waals surface area contributed by atoms with E-state index in [9.17, 15) is 0 Å². The molecule has 0 radical (unpaired) electrons. The number of aryl methyl sites for hydroxylation is 1. The zero-order valence-corrected chi connectivity index (χ0v) is 11.1. The normalized spacial score (nSPS) is 15.6. The highest BCUT2D eigenvalue weighted by Gasteiger charge is 2.27. The molecule has 0 aliphatic carbocycles. The van der Waals surface area contributed by atoms with Crippen LogP contribution in [0.15, 0.2) is 47.1 Å². The van der Waals surface area contributed by atoms with Crippen molar-refractivity contribution < 1.29 is 4.42 Å². The van der Waals surface area contributed by atoms with E-state index < -0.39 is 0 Å². The van der Waals surface area contributed by atoms with E-state index in [1.807, 2.05) is 30.3 Å². The van der Waals surface area contributed by atoms with Gasteiger partial charge >= 0.3 is 0 Å². The molecule has 0 fully saturated rings. The summed E-state index contributed by atoms with van der Waals surface area (Å²) in [7, 11) is 0. The van der Waals surface area contributed by atoms with Crippen LogP contribution in [0.5, 0.6) is 0 Å². The van der Waals surface area contributed by atoms with E-state index in [0.717, 1.165) is 30.7 Å². The van der Waals surface area contributed by atoms with Gasteiger partial charge in [0.15, 0.2) is 0 Å². The summed E-state index contributed by atoms with van der Waals surface area (Å²) in [5, 5.41) is 8.27. The Hall–Kier alpha value is -2.03. The Morgan fingerprint density at radius 2 is 2.11 bits per heavy atom. The molecular formula is C16H18N2O. The molecule has 1 N–H and O–H groups in total. The lowest BCUT2D eigenvalue weighted by molar-refractivity contribution is 0.311. The number of nitrogens with zero attached hydrogens (tertiary/aromatic N) is 1. The molecule has 19 heavy (non-hydrogen) atoms. The largest absolute Gasteiger partial charge is 0.469 e. The van der Waals surface area contributed by atoms with Crippen molar-refractivity contribution in [1.29, 1.82) is 5.41 Å². The Bertz CT molecular complexity index is 574. The molecular weight excluding hydrogens is 236 g/mol. The van der Waals surface area contributed by atoms with Crippen molar-refractivity contribution >= 4 is 5.84 Å². The maximum Gasteiger partial charge on any atom is 0.128 e. The summed E-state index contributed by atoms with van der Waals surface area (Å²) in [6, 6.07) is 12.5. The molecule has 1 atom stereocenters. The maximum absolute atomic E-state index is 8.27. The fraction of sp³-hybridized carbons (Fsp3) is 0.312. The molecule has 1 aliphatic heterocycles. The molecule has 0 amide bonds. The molecule has 1 unspecified atom stereocenters. The number of nitrogens with one attached hydrogen (secondary N) is 1. The maximum atomic E-state index is 8.27. The molecule has 2 heterocycles. The molecule has 3 nitrogen and oxygen atoms in total. The van der Waals surface area contributed by atoms with Gasteiger partial charge < -0.3 is 9.32 Å². The monoisotopic (exact) mass is 254 g/mol. The van der Waals surface area contributed by atoms with Gasteiger partial charge in [-0.05, 0) is 31.0 Å². The van der Waals surface area contributed by atoms with Crippen molar-refractivity contribution in [3.63, 3.8) is 0 Å². The minimum atomic E-state index is 0.352. The molecule has 0 saturated carbocycles. The summed E-state index contributed by atoms with van der Waals surface area (Å²) in [6.07, 6.45) is 3.64. The predicted molar refractivity (Wildman–Crippen MR) is 75.3 cm³/mol. The van der Waals surface area contributed by atoms with Crippen molar-refractivity contribution in [3.8, 4) is 0 Å². The highest BCUT2D eigenvalue weighted by atomic mass is 16.3. The Morgan fingerprint density at radius 3 is 2.84 bits per heavy atom. The van der Waals surface area contributed by atoms with Gasteiger partial charge in [0.2, 0.25) is 0 Å². The molecule has 1 aromatic heterocycles. The number of amidine groups is 1. The van der Waals surface area contributed by atoms with Crippen LogP contribution in [0.1, 0.15) is 30.2 Å². The van der Waals surface area contributed by atoms with Crippen molar-refractivity contribution in [2.24, 2.45) is 0 Å². The predicted octanol–water partition coefficient (Wildman–Crippen LogP) is 3.44. The van der Waals surface area contributed by atoms with Gasteiger partial charge in [0.25, 0.3) is 0 Å².